The minimum Gasteiger partial charge on any atom is -0.311 e. The fourth-order valence-electron chi connectivity index (χ4n) is 4.95. The van der Waals surface area contributed by atoms with Crippen LogP contribution in [0.3, 0.4) is 0 Å². The summed E-state index contributed by atoms with van der Waals surface area (Å²) in [6, 6.07) is 8.51. The lowest BCUT2D eigenvalue weighted by Gasteiger charge is -2.33. The Labute approximate surface area is 192 Å². The lowest BCUT2D eigenvalue weighted by Crippen LogP contribution is -2.46. The average Bonchev–Trinajstić information content (AvgIpc) is 3.68. The molecule has 2 heterocycles. The van der Waals surface area contributed by atoms with E-state index in [1.807, 2.05) is 29.1 Å². The number of nitrogens with zero attached hydrogens (tertiary/aromatic N) is 3. The minimum absolute atomic E-state index is 0.102. The topological polar surface area (TPSA) is 50.2 Å². The van der Waals surface area contributed by atoms with E-state index in [0.717, 1.165) is 48.4 Å². The van der Waals surface area contributed by atoms with Crippen LogP contribution in [0.1, 0.15) is 59.5 Å². The van der Waals surface area contributed by atoms with Crippen LogP contribution in [0.25, 0.3) is 0 Å². The van der Waals surface area contributed by atoms with Crippen molar-refractivity contribution in [2.45, 2.75) is 69.2 Å². The number of piperidine rings is 1. The van der Waals surface area contributed by atoms with Crippen LogP contribution >= 0.6 is 0 Å². The summed E-state index contributed by atoms with van der Waals surface area (Å²) in [4.78, 5) is 14.3. The molecule has 5 nitrogen and oxygen atoms in total. The van der Waals surface area contributed by atoms with Crippen LogP contribution in [0.5, 0.6) is 0 Å². The van der Waals surface area contributed by atoms with Crippen molar-refractivity contribution in [2.75, 3.05) is 19.6 Å². The summed E-state index contributed by atoms with van der Waals surface area (Å²) >= 11 is 0. The maximum Gasteiger partial charge on any atom is 0.401 e. The van der Waals surface area contributed by atoms with Crippen molar-refractivity contribution in [1.82, 2.24) is 20.0 Å². The number of benzene rings is 1. The van der Waals surface area contributed by atoms with E-state index in [-0.39, 0.29) is 11.8 Å². The molecule has 5 rings (SSSR count). The zero-order valence-corrected chi connectivity index (χ0v) is 18.7. The number of carbonyl (C=O) groups excluding carboxylic acids is 1. The van der Waals surface area contributed by atoms with Gasteiger partial charge in [-0.25, -0.2) is 0 Å². The predicted molar refractivity (Wildman–Crippen MR) is 119 cm³/mol. The van der Waals surface area contributed by atoms with Gasteiger partial charge in [-0.05, 0) is 68.3 Å². The lowest BCUT2D eigenvalue weighted by molar-refractivity contribution is -0.148. The molecule has 2 aromatic rings. The normalized spacial score (nSPS) is 24.2. The van der Waals surface area contributed by atoms with Gasteiger partial charge < -0.3 is 5.32 Å². The summed E-state index contributed by atoms with van der Waals surface area (Å²) in [7, 11) is 0. The summed E-state index contributed by atoms with van der Waals surface area (Å²) in [5.74, 6) is 1.22. The van der Waals surface area contributed by atoms with E-state index < -0.39 is 12.7 Å². The van der Waals surface area contributed by atoms with Crippen LogP contribution in [0, 0.1) is 5.92 Å². The van der Waals surface area contributed by atoms with Gasteiger partial charge in [0, 0.05) is 42.7 Å². The third-order valence-corrected chi connectivity index (χ3v) is 7.06. The first kappa shape index (κ1) is 22.6. The van der Waals surface area contributed by atoms with Crippen molar-refractivity contribution in [2.24, 2.45) is 5.92 Å². The predicted octanol–water partition coefficient (Wildman–Crippen LogP) is 4.19. The van der Waals surface area contributed by atoms with Crippen LogP contribution in [0.15, 0.2) is 36.7 Å². The number of aromatic nitrogens is 2. The van der Waals surface area contributed by atoms with Crippen molar-refractivity contribution < 1.29 is 18.0 Å². The third kappa shape index (κ3) is 6.23. The molecule has 2 unspecified atom stereocenters. The van der Waals surface area contributed by atoms with E-state index in [9.17, 15) is 18.0 Å². The number of halogens is 3. The van der Waals surface area contributed by atoms with Crippen LogP contribution in [-0.2, 0) is 13.0 Å². The average molecular weight is 461 g/mol. The Morgan fingerprint density at radius 2 is 1.94 bits per heavy atom. The summed E-state index contributed by atoms with van der Waals surface area (Å²) in [6.45, 7) is 1.10. The molecule has 33 heavy (non-hydrogen) atoms. The highest BCUT2D eigenvalue weighted by Crippen LogP contribution is 2.42. The molecule has 2 saturated carbocycles. The summed E-state index contributed by atoms with van der Waals surface area (Å²) in [5, 5.41) is 8.02. The Kier molecular flexibility index (Phi) is 6.31. The summed E-state index contributed by atoms with van der Waals surface area (Å²) < 4.78 is 39.7. The molecular weight excluding hydrogens is 429 g/mol. The van der Waals surface area contributed by atoms with Gasteiger partial charge >= 0.3 is 6.18 Å². The van der Waals surface area contributed by atoms with Gasteiger partial charge in [-0.3, -0.25) is 14.4 Å². The molecule has 1 aromatic carbocycles. The molecule has 178 valence electrons. The molecule has 0 spiro atoms. The molecule has 0 amide bonds. The Bertz CT molecular complexity index is 976. The maximum absolute atomic E-state index is 12.8. The van der Waals surface area contributed by atoms with E-state index >= 15 is 0 Å². The van der Waals surface area contributed by atoms with Crippen molar-refractivity contribution in [1.29, 1.82) is 0 Å². The van der Waals surface area contributed by atoms with Gasteiger partial charge in [0.25, 0.3) is 0 Å². The first-order valence-electron chi connectivity index (χ1n) is 12.0. The Hall–Kier alpha value is -2.19. The van der Waals surface area contributed by atoms with Crippen LogP contribution in [0.4, 0.5) is 13.2 Å². The van der Waals surface area contributed by atoms with Crippen molar-refractivity contribution in [3.8, 4) is 0 Å². The van der Waals surface area contributed by atoms with Gasteiger partial charge in [-0.2, -0.15) is 18.3 Å². The summed E-state index contributed by atoms with van der Waals surface area (Å²) in [6.07, 6.45) is 5.06. The number of hydrogen-bond donors (Lipinski definition) is 1. The molecule has 2 aliphatic carbocycles. The lowest BCUT2D eigenvalue weighted by atomic mass is 10.0. The number of Topliss-reactive ketones (excluding diaryl/α,β-unsaturated/α-hetero) is 1. The zero-order valence-electron chi connectivity index (χ0n) is 18.7. The fraction of sp³-hybridized carbons (Fsp3) is 0.600. The van der Waals surface area contributed by atoms with Gasteiger partial charge in [0.15, 0.2) is 5.78 Å². The van der Waals surface area contributed by atoms with Gasteiger partial charge in [0.1, 0.15) is 0 Å². The van der Waals surface area contributed by atoms with Gasteiger partial charge in [-0.1, -0.05) is 18.2 Å². The zero-order chi connectivity index (χ0) is 23.0. The number of hydrogen-bond acceptors (Lipinski definition) is 4. The van der Waals surface area contributed by atoms with Crippen LogP contribution in [-0.4, -0.2) is 58.4 Å². The highest BCUT2D eigenvalue weighted by atomic mass is 19.4. The van der Waals surface area contributed by atoms with E-state index in [1.165, 1.54) is 17.7 Å². The number of carbonyl (C=O) groups is 1. The minimum atomic E-state index is -4.12. The van der Waals surface area contributed by atoms with Crippen LogP contribution < -0.4 is 5.32 Å². The molecule has 0 bridgehead atoms. The van der Waals surface area contributed by atoms with E-state index in [4.69, 9.17) is 0 Å². The van der Waals surface area contributed by atoms with Crippen molar-refractivity contribution in [3.05, 3.63) is 53.3 Å². The monoisotopic (exact) mass is 460 g/mol. The number of likely N-dealkylation sites (tertiary alicyclic amines) is 1. The highest BCUT2D eigenvalue weighted by Gasteiger charge is 2.40. The highest BCUT2D eigenvalue weighted by molar-refractivity contribution is 5.97. The standard InChI is InChI=1S/C25H31F3N4O/c26-25(27,28)16-31-8-6-21(7-9-31)30-23-12-22(23)19-2-1-3-20(11-19)24(33)10-18-13-29-32(15-18)14-17-4-5-17/h1-3,11,13,15,17,21-23,30H,4-10,12,14,16H2. The number of alkyl halides is 3. The summed E-state index contributed by atoms with van der Waals surface area (Å²) in [5.41, 5.74) is 2.85. The van der Waals surface area contributed by atoms with Gasteiger partial charge in [-0.15, -0.1) is 0 Å². The molecule has 1 aromatic heterocycles. The Balaban J connectivity index is 1.10. The second kappa shape index (κ2) is 9.22. The molecular formula is C25H31F3N4O. The number of nitrogens with one attached hydrogen (secondary N) is 1. The SMILES string of the molecule is O=C(Cc1cnn(CC2CC2)c1)c1cccc(C2CC2NC2CCN(CC(F)(F)F)CC2)c1. The molecule has 8 heteroatoms. The van der Waals surface area contributed by atoms with Gasteiger partial charge in [0.05, 0.1) is 12.7 Å². The van der Waals surface area contributed by atoms with E-state index in [0.29, 0.717) is 31.5 Å². The molecule has 3 aliphatic rings. The second-order valence-corrected chi connectivity index (χ2v) is 10.0. The molecule has 2 atom stereocenters. The largest absolute Gasteiger partial charge is 0.401 e. The van der Waals surface area contributed by atoms with E-state index in [2.05, 4.69) is 16.5 Å². The van der Waals surface area contributed by atoms with E-state index in [1.54, 1.807) is 6.20 Å². The first-order valence-corrected chi connectivity index (χ1v) is 12.0. The second-order valence-electron chi connectivity index (χ2n) is 10.0. The third-order valence-electron chi connectivity index (χ3n) is 7.06. The molecule has 1 saturated heterocycles. The maximum atomic E-state index is 12.8. The molecule has 1 N–H and O–H groups in total. The van der Waals surface area contributed by atoms with Crippen molar-refractivity contribution >= 4 is 5.78 Å². The Morgan fingerprint density at radius 1 is 1.15 bits per heavy atom. The van der Waals surface area contributed by atoms with Crippen LogP contribution in [0.2, 0.25) is 0 Å². The quantitative estimate of drug-likeness (QED) is 0.570. The molecule has 0 radical (unpaired) electrons. The molecule has 1 aliphatic heterocycles. The number of ketones is 1. The fourth-order valence-corrected chi connectivity index (χ4v) is 4.95. The smallest absolute Gasteiger partial charge is 0.311 e. The van der Waals surface area contributed by atoms with Crippen molar-refractivity contribution in [3.63, 3.8) is 0 Å². The number of rotatable bonds is 9. The molecule has 3 fully saturated rings. The Morgan fingerprint density at radius 3 is 2.67 bits per heavy atom. The van der Waals surface area contributed by atoms with Gasteiger partial charge in [0.2, 0.25) is 0 Å². The first-order chi connectivity index (χ1) is 15.8.